The molecular weight excluding hydrogens is 192 g/mol. The monoisotopic (exact) mass is 210 g/mol. The van der Waals surface area contributed by atoms with Crippen LogP contribution >= 0.6 is 0 Å². The zero-order valence-corrected chi connectivity index (χ0v) is 9.90. The van der Waals surface area contributed by atoms with Crippen LogP contribution in [0.4, 0.5) is 5.69 Å². The van der Waals surface area contributed by atoms with Crippen molar-refractivity contribution in [2.24, 2.45) is 7.05 Å². The number of nitrogens with zero attached hydrogens (tertiary/aromatic N) is 3. The first-order valence-corrected chi connectivity index (χ1v) is 4.90. The van der Waals surface area contributed by atoms with Crippen molar-refractivity contribution in [2.45, 2.75) is 19.8 Å². The van der Waals surface area contributed by atoms with Crippen molar-refractivity contribution >= 4 is 11.6 Å². The molecule has 0 bridgehead atoms. The van der Waals surface area contributed by atoms with Gasteiger partial charge in [-0.25, -0.2) is 0 Å². The Hall–Kier alpha value is -1.52. The Bertz CT molecular complexity index is 379. The molecule has 1 amide bonds. The molecule has 84 valence electrons. The first-order chi connectivity index (χ1) is 6.86. The van der Waals surface area contributed by atoms with Crippen molar-refractivity contribution in [3.8, 4) is 0 Å². The molecular formula is C10H18N4O. The quantitative estimate of drug-likeness (QED) is 0.786. The highest BCUT2D eigenvalue weighted by atomic mass is 16.2. The van der Waals surface area contributed by atoms with Gasteiger partial charge in [0.15, 0.2) is 0 Å². The number of nitrogen functional groups attached to an aromatic ring is 1. The number of amides is 1. The van der Waals surface area contributed by atoms with E-state index in [4.69, 9.17) is 5.73 Å². The fourth-order valence-corrected chi connectivity index (χ4v) is 1.45. The first kappa shape index (κ1) is 11.6. The molecule has 1 aromatic heterocycles. The number of rotatable bonds is 2. The van der Waals surface area contributed by atoms with Crippen LogP contribution in [0.1, 0.15) is 35.9 Å². The number of anilines is 1. The molecule has 0 unspecified atom stereocenters. The standard InChI is InChI=1S/C10H18N4O/c1-6(2)8-7(11)9(14(5)12-8)10(15)13(3)4/h6H,11H2,1-5H3. The second-order valence-corrected chi connectivity index (χ2v) is 4.13. The number of hydrogen-bond acceptors (Lipinski definition) is 3. The van der Waals surface area contributed by atoms with E-state index in [0.717, 1.165) is 5.69 Å². The number of carbonyl (C=O) groups excluding carboxylic acids is 1. The van der Waals surface area contributed by atoms with Gasteiger partial charge in [0.2, 0.25) is 0 Å². The summed E-state index contributed by atoms with van der Waals surface area (Å²) < 4.78 is 1.55. The molecule has 0 fully saturated rings. The number of hydrogen-bond donors (Lipinski definition) is 1. The maximum absolute atomic E-state index is 11.8. The van der Waals surface area contributed by atoms with Gasteiger partial charge < -0.3 is 10.6 Å². The Balaban J connectivity index is 3.25. The number of aryl methyl sites for hydroxylation is 1. The third-order valence-electron chi connectivity index (χ3n) is 2.27. The fraction of sp³-hybridized carbons (Fsp3) is 0.600. The summed E-state index contributed by atoms with van der Waals surface area (Å²) >= 11 is 0. The SMILES string of the molecule is CC(C)c1nn(C)c(C(=O)N(C)C)c1N. The summed E-state index contributed by atoms with van der Waals surface area (Å²) in [5.74, 6) is 0.106. The van der Waals surface area contributed by atoms with Gasteiger partial charge in [-0.3, -0.25) is 9.48 Å². The highest BCUT2D eigenvalue weighted by Crippen LogP contribution is 2.24. The summed E-state index contributed by atoms with van der Waals surface area (Å²) in [5, 5.41) is 4.26. The summed E-state index contributed by atoms with van der Waals surface area (Å²) in [6.45, 7) is 4.01. The van der Waals surface area contributed by atoms with Crippen LogP contribution in [0.2, 0.25) is 0 Å². The first-order valence-electron chi connectivity index (χ1n) is 4.90. The average Bonchev–Trinajstić information content (AvgIpc) is 2.41. The van der Waals surface area contributed by atoms with Gasteiger partial charge in [-0.15, -0.1) is 0 Å². The molecule has 1 aromatic rings. The van der Waals surface area contributed by atoms with E-state index in [0.29, 0.717) is 11.4 Å². The van der Waals surface area contributed by atoms with Gasteiger partial charge in [-0.05, 0) is 5.92 Å². The van der Waals surface area contributed by atoms with E-state index in [-0.39, 0.29) is 11.8 Å². The molecule has 5 nitrogen and oxygen atoms in total. The van der Waals surface area contributed by atoms with E-state index in [1.54, 1.807) is 25.8 Å². The molecule has 2 N–H and O–H groups in total. The predicted molar refractivity (Wildman–Crippen MR) is 59.7 cm³/mol. The lowest BCUT2D eigenvalue weighted by Gasteiger charge is -2.10. The second-order valence-electron chi connectivity index (χ2n) is 4.13. The largest absolute Gasteiger partial charge is 0.395 e. The van der Waals surface area contributed by atoms with E-state index >= 15 is 0 Å². The maximum Gasteiger partial charge on any atom is 0.273 e. The Morgan fingerprint density at radius 1 is 1.47 bits per heavy atom. The van der Waals surface area contributed by atoms with Gasteiger partial charge in [0.05, 0.1) is 11.4 Å². The van der Waals surface area contributed by atoms with Gasteiger partial charge in [-0.1, -0.05) is 13.8 Å². The Morgan fingerprint density at radius 2 is 2.00 bits per heavy atom. The lowest BCUT2D eigenvalue weighted by atomic mass is 10.1. The van der Waals surface area contributed by atoms with Crippen LogP contribution in [-0.2, 0) is 7.05 Å². The van der Waals surface area contributed by atoms with E-state index in [9.17, 15) is 4.79 Å². The molecule has 0 aliphatic heterocycles. The molecule has 15 heavy (non-hydrogen) atoms. The topological polar surface area (TPSA) is 64.2 Å². The molecule has 0 saturated carbocycles. The van der Waals surface area contributed by atoms with Gasteiger partial charge in [-0.2, -0.15) is 5.10 Å². The highest BCUT2D eigenvalue weighted by molar-refractivity contribution is 5.97. The van der Waals surface area contributed by atoms with Crippen molar-refractivity contribution in [3.05, 3.63) is 11.4 Å². The van der Waals surface area contributed by atoms with Crippen LogP contribution in [-0.4, -0.2) is 34.7 Å². The van der Waals surface area contributed by atoms with Crippen LogP contribution in [0.15, 0.2) is 0 Å². The van der Waals surface area contributed by atoms with Crippen LogP contribution in [0.25, 0.3) is 0 Å². The van der Waals surface area contributed by atoms with Crippen LogP contribution < -0.4 is 5.73 Å². The minimum Gasteiger partial charge on any atom is -0.395 e. The molecule has 5 heteroatoms. The molecule has 0 aromatic carbocycles. The molecule has 0 saturated heterocycles. The zero-order chi connectivity index (χ0) is 11.7. The van der Waals surface area contributed by atoms with Crippen LogP contribution in [0.5, 0.6) is 0 Å². The molecule has 0 radical (unpaired) electrons. The third kappa shape index (κ3) is 1.95. The predicted octanol–water partition coefficient (Wildman–Crippen LogP) is 0.828. The van der Waals surface area contributed by atoms with Gasteiger partial charge in [0, 0.05) is 21.1 Å². The summed E-state index contributed by atoms with van der Waals surface area (Å²) in [7, 11) is 5.13. The summed E-state index contributed by atoms with van der Waals surface area (Å²) in [5.41, 5.74) is 7.65. The fourth-order valence-electron chi connectivity index (χ4n) is 1.45. The molecule has 0 atom stereocenters. The summed E-state index contributed by atoms with van der Waals surface area (Å²) in [4.78, 5) is 13.3. The summed E-state index contributed by atoms with van der Waals surface area (Å²) in [6, 6.07) is 0. The van der Waals surface area contributed by atoms with E-state index in [1.165, 1.54) is 4.90 Å². The lowest BCUT2D eigenvalue weighted by molar-refractivity contribution is 0.0818. The van der Waals surface area contributed by atoms with Crippen molar-refractivity contribution in [1.82, 2.24) is 14.7 Å². The van der Waals surface area contributed by atoms with E-state index in [1.807, 2.05) is 13.8 Å². The number of nitrogens with two attached hydrogens (primary N) is 1. The third-order valence-corrected chi connectivity index (χ3v) is 2.27. The number of carbonyl (C=O) groups is 1. The smallest absolute Gasteiger partial charge is 0.273 e. The maximum atomic E-state index is 11.8. The van der Waals surface area contributed by atoms with Crippen LogP contribution in [0, 0.1) is 0 Å². The second kappa shape index (κ2) is 3.92. The van der Waals surface area contributed by atoms with Crippen molar-refractivity contribution in [1.29, 1.82) is 0 Å². The van der Waals surface area contributed by atoms with Crippen molar-refractivity contribution in [3.63, 3.8) is 0 Å². The van der Waals surface area contributed by atoms with Crippen molar-refractivity contribution < 1.29 is 4.79 Å². The summed E-state index contributed by atoms with van der Waals surface area (Å²) in [6.07, 6.45) is 0. The average molecular weight is 210 g/mol. The zero-order valence-electron chi connectivity index (χ0n) is 9.90. The van der Waals surface area contributed by atoms with Crippen molar-refractivity contribution in [2.75, 3.05) is 19.8 Å². The lowest BCUT2D eigenvalue weighted by Crippen LogP contribution is -2.25. The van der Waals surface area contributed by atoms with Gasteiger partial charge >= 0.3 is 0 Å². The van der Waals surface area contributed by atoms with E-state index < -0.39 is 0 Å². The molecule has 0 aliphatic carbocycles. The minimum absolute atomic E-state index is 0.116. The molecule has 0 aliphatic rings. The Labute approximate surface area is 89.9 Å². The Morgan fingerprint density at radius 3 is 2.33 bits per heavy atom. The van der Waals surface area contributed by atoms with Gasteiger partial charge in [0.25, 0.3) is 5.91 Å². The van der Waals surface area contributed by atoms with Gasteiger partial charge in [0.1, 0.15) is 5.69 Å². The Kier molecular flexibility index (Phi) is 3.02. The van der Waals surface area contributed by atoms with E-state index in [2.05, 4.69) is 5.10 Å². The molecule has 1 rings (SSSR count). The highest BCUT2D eigenvalue weighted by Gasteiger charge is 2.22. The minimum atomic E-state index is -0.116. The molecule has 1 heterocycles. The normalized spacial score (nSPS) is 10.8. The number of aromatic nitrogens is 2. The molecule has 0 spiro atoms. The van der Waals surface area contributed by atoms with Crippen LogP contribution in [0.3, 0.4) is 0 Å².